The number of likely N-dealkylation sites (tertiary alicyclic amines) is 1. The second kappa shape index (κ2) is 6.87. The highest BCUT2D eigenvalue weighted by Crippen LogP contribution is 2.25. The number of piperidine rings is 1. The molecule has 1 aliphatic rings. The van der Waals surface area contributed by atoms with Gasteiger partial charge in [-0.1, -0.05) is 30.3 Å². The molecule has 2 aromatic rings. The van der Waals surface area contributed by atoms with E-state index in [4.69, 9.17) is 4.74 Å². The van der Waals surface area contributed by atoms with Gasteiger partial charge in [0, 0.05) is 32.1 Å². The summed E-state index contributed by atoms with van der Waals surface area (Å²) in [5.74, 6) is 0.607. The molecule has 0 saturated carbocycles. The van der Waals surface area contributed by atoms with Crippen LogP contribution in [0.25, 0.3) is 0 Å². The van der Waals surface area contributed by atoms with Gasteiger partial charge in [0.2, 0.25) is 0 Å². The molecule has 21 heavy (non-hydrogen) atoms. The van der Waals surface area contributed by atoms with Crippen LogP contribution in [0.2, 0.25) is 0 Å². The number of aromatic nitrogens is 2. The van der Waals surface area contributed by atoms with Gasteiger partial charge in [0.05, 0.1) is 6.10 Å². The minimum absolute atomic E-state index is 0.307. The van der Waals surface area contributed by atoms with Gasteiger partial charge >= 0.3 is 0 Å². The molecule has 0 unspecified atom stereocenters. The first-order valence-electron chi connectivity index (χ1n) is 7.62. The molecule has 2 atom stereocenters. The summed E-state index contributed by atoms with van der Waals surface area (Å²) < 4.78 is 5.76. The maximum absolute atomic E-state index is 5.76. The first kappa shape index (κ1) is 14.3. The highest BCUT2D eigenvalue weighted by Gasteiger charge is 2.29. The topological polar surface area (TPSA) is 41.1 Å². The molecule has 4 heteroatoms. The number of nitrogens with zero attached hydrogens (tertiary/aromatic N) is 2. The van der Waals surface area contributed by atoms with E-state index in [9.17, 15) is 0 Å². The van der Waals surface area contributed by atoms with Crippen molar-refractivity contribution in [2.24, 2.45) is 5.92 Å². The summed E-state index contributed by atoms with van der Waals surface area (Å²) in [6.07, 6.45) is 4.41. The van der Waals surface area contributed by atoms with Crippen molar-refractivity contribution >= 4 is 0 Å². The number of hydrogen-bond donors (Lipinski definition) is 1. The maximum atomic E-state index is 5.76. The molecule has 1 fully saturated rings. The highest BCUT2D eigenvalue weighted by atomic mass is 16.5. The van der Waals surface area contributed by atoms with Gasteiger partial charge in [0.25, 0.3) is 0 Å². The first-order valence-corrected chi connectivity index (χ1v) is 7.62. The largest absolute Gasteiger partial charge is 0.380 e. The van der Waals surface area contributed by atoms with Crippen molar-refractivity contribution in [1.82, 2.24) is 15.1 Å². The molecule has 3 rings (SSSR count). The monoisotopic (exact) mass is 285 g/mol. The van der Waals surface area contributed by atoms with Gasteiger partial charge in [0.15, 0.2) is 0 Å². The molecule has 1 aromatic carbocycles. The Morgan fingerprint density at radius 1 is 1.29 bits per heavy atom. The molecule has 1 N–H and O–H groups in total. The second-order valence-electron chi connectivity index (χ2n) is 5.83. The lowest BCUT2D eigenvalue weighted by atomic mass is 9.87. The minimum atomic E-state index is 0.307. The van der Waals surface area contributed by atoms with E-state index in [0.29, 0.717) is 12.0 Å². The number of nitrogens with one attached hydrogen (secondary N) is 1. The average molecular weight is 285 g/mol. The van der Waals surface area contributed by atoms with E-state index in [0.717, 1.165) is 26.1 Å². The van der Waals surface area contributed by atoms with E-state index in [1.807, 2.05) is 19.4 Å². The van der Waals surface area contributed by atoms with E-state index in [1.165, 1.54) is 17.7 Å². The molecule has 2 heterocycles. The molecule has 0 amide bonds. The fourth-order valence-corrected chi connectivity index (χ4v) is 3.20. The molecule has 0 bridgehead atoms. The zero-order valence-corrected chi connectivity index (χ0v) is 12.5. The zero-order valence-electron chi connectivity index (χ0n) is 12.5. The van der Waals surface area contributed by atoms with Crippen LogP contribution in [-0.2, 0) is 17.7 Å². The van der Waals surface area contributed by atoms with Crippen molar-refractivity contribution in [1.29, 1.82) is 0 Å². The molecule has 0 spiro atoms. The number of methoxy groups -OCH3 is 1. The fraction of sp³-hybridized carbons (Fsp3) is 0.471. The standard InChI is InChI=1S/C17H23N3O/c1-21-17-13-20(12-16-7-9-18-19-16)10-8-15(17)11-14-5-3-2-4-6-14/h2-7,9,15,17H,8,10-13H2,1H3,(H,18,19)/t15-,17-/m1/s1. The Bertz CT molecular complexity index is 526. The van der Waals surface area contributed by atoms with Gasteiger partial charge in [-0.25, -0.2) is 0 Å². The predicted octanol–water partition coefficient (Wildman–Crippen LogP) is 2.49. The summed E-state index contributed by atoms with van der Waals surface area (Å²) in [6, 6.07) is 12.8. The van der Waals surface area contributed by atoms with Gasteiger partial charge in [-0.15, -0.1) is 0 Å². The van der Waals surface area contributed by atoms with Crippen LogP contribution in [0.4, 0.5) is 0 Å². The van der Waals surface area contributed by atoms with E-state index in [2.05, 4.69) is 45.4 Å². The lowest BCUT2D eigenvalue weighted by Gasteiger charge is -2.37. The Hall–Kier alpha value is -1.65. The third kappa shape index (κ3) is 3.71. The summed E-state index contributed by atoms with van der Waals surface area (Å²) in [5.41, 5.74) is 2.58. The van der Waals surface area contributed by atoms with Crippen molar-refractivity contribution in [2.75, 3.05) is 20.2 Å². The summed E-state index contributed by atoms with van der Waals surface area (Å²) in [5, 5.41) is 7.05. The molecule has 1 aliphatic heterocycles. The van der Waals surface area contributed by atoms with Crippen molar-refractivity contribution in [3.8, 4) is 0 Å². The second-order valence-corrected chi connectivity index (χ2v) is 5.83. The van der Waals surface area contributed by atoms with Crippen LogP contribution >= 0.6 is 0 Å². The third-order valence-corrected chi connectivity index (χ3v) is 4.38. The fourth-order valence-electron chi connectivity index (χ4n) is 3.20. The van der Waals surface area contributed by atoms with Gasteiger partial charge in [0.1, 0.15) is 0 Å². The Balaban J connectivity index is 1.58. The van der Waals surface area contributed by atoms with Crippen LogP contribution in [-0.4, -0.2) is 41.4 Å². The summed E-state index contributed by atoms with van der Waals surface area (Å²) in [7, 11) is 1.84. The Labute approximate surface area is 126 Å². The van der Waals surface area contributed by atoms with E-state index in [-0.39, 0.29) is 0 Å². The van der Waals surface area contributed by atoms with Crippen molar-refractivity contribution in [3.05, 3.63) is 53.9 Å². The van der Waals surface area contributed by atoms with Gasteiger partial charge in [-0.05, 0) is 36.9 Å². The quantitative estimate of drug-likeness (QED) is 0.917. The number of ether oxygens (including phenoxy) is 1. The lowest BCUT2D eigenvalue weighted by molar-refractivity contribution is -0.0139. The van der Waals surface area contributed by atoms with Crippen LogP contribution in [0, 0.1) is 5.92 Å². The molecule has 1 saturated heterocycles. The van der Waals surface area contributed by atoms with Crippen molar-refractivity contribution in [3.63, 3.8) is 0 Å². The minimum Gasteiger partial charge on any atom is -0.380 e. The Kier molecular flexibility index (Phi) is 4.68. The van der Waals surface area contributed by atoms with E-state index in [1.54, 1.807) is 0 Å². The molecule has 4 nitrogen and oxygen atoms in total. The van der Waals surface area contributed by atoms with Crippen LogP contribution in [0.3, 0.4) is 0 Å². The third-order valence-electron chi connectivity index (χ3n) is 4.38. The molecular weight excluding hydrogens is 262 g/mol. The van der Waals surface area contributed by atoms with Crippen LogP contribution in [0.5, 0.6) is 0 Å². The van der Waals surface area contributed by atoms with E-state index < -0.39 is 0 Å². The van der Waals surface area contributed by atoms with Gasteiger partial charge in [-0.2, -0.15) is 5.10 Å². The first-order chi connectivity index (χ1) is 10.3. The smallest absolute Gasteiger partial charge is 0.0730 e. The molecule has 0 aliphatic carbocycles. The molecular formula is C17H23N3O. The summed E-state index contributed by atoms with van der Waals surface area (Å²) in [6.45, 7) is 3.04. The van der Waals surface area contributed by atoms with Crippen molar-refractivity contribution < 1.29 is 4.74 Å². The number of rotatable bonds is 5. The Morgan fingerprint density at radius 3 is 2.86 bits per heavy atom. The van der Waals surface area contributed by atoms with Crippen LogP contribution in [0.15, 0.2) is 42.6 Å². The molecule has 0 radical (unpaired) electrons. The predicted molar refractivity (Wildman–Crippen MR) is 82.9 cm³/mol. The lowest BCUT2D eigenvalue weighted by Crippen LogP contribution is -2.45. The SMILES string of the molecule is CO[C@@H]1CN(Cc2ccn[nH]2)CC[C@@H]1Cc1ccccc1. The molecule has 1 aromatic heterocycles. The Morgan fingerprint density at radius 2 is 2.14 bits per heavy atom. The van der Waals surface area contributed by atoms with Gasteiger partial charge < -0.3 is 4.74 Å². The number of aromatic amines is 1. The number of H-pyrrole nitrogens is 1. The number of hydrogen-bond acceptors (Lipinski definition) is 3. The van der Waals surface area contributed by atoms with Crippen LogP contribution in [0.1, 0.15) is 17.7 Å². The maximum Gasteiger partial charge on any atom is 0.0730 e. The summed E-state index contributed by atoms with van der Waals surface area (Å²) >= 11 is 0. The average Bonchev–Trinajstić information content (AvgIpc) is 3.03. The zero-order chi connectivity index (χ0) is 14.5. The molecule has 112 valence electrons. The van der Waals surface area contributed by atoms with Crippen LogP contribution < -0.4 is 0 Å². The number of benzene rings is 1. The highest BCUT2D eigenvalue weighted by molar-refractivity contribution is 5.15. The van der Waals surface area contributed by atoms with Gasteiger partial charge in [-0.3, -0.25) is 10.00 Å². The normalized spacial score (nSPS) is 23.3. The van der Waals surface area contributed by atoms with E-state index >= 15 is 0 Å². The summed E-state index contributed by atoms with van der Waals surface area (Å²) in [4.78, 5) is 2.45. The van der Waals surface area contributed by atoms with Crippen molar-refractivity contribution in [2.45, 2.75) is 25.5 Å².